The van der Waals surface area contributed by atoms with Crippen LogP contribution in [-0.2, 0) is 19.1 Å². The number of carbonyl (C=O) groups is 3. The number of rotatable bonds is 3. The number of hydrogen-bond donors (Lipinski definition) is 0. The van der Waals surface area contributed by atoms with E-state index in [1.807, 2.05) is 0 Å². The first-order valence-corrected chi connectivity index (χ1v) is 10.8. The summed E-state index contributed by atoms with van der Waals surface area (Å²) < 4.78 is 24.2. The third-order valence-corrected chi connectivity index (χ3v) is 5.71. The van der Waals surface area contributed by atoms with E-state index in [0.29, 0.717) is 51.4 Å². The maximum Gasteiger partial charge on any atom is 0.322 e. The Labute approximate surface area is 182 Å². The Hall–Kier alpha value is -2.48. The molecule has 2 aliphatic rings. The van der Waals surface area contributed by atoms with Gasteiger partial charge in [-0.25, -0.2) is 4.39 Å². The summed E-state index contributed by atoms with van der Waals surface area (Å²) in [5.41, 5.74) is -1.53. The molecule has 0 bridgehead atoms. The van der Waals surface area contributed by atoms with Gasteiger partial charge >= 0.3 is 5.97 Å². The first-order chi connectivity index (χ1) is 14.6. The van der Waals surface area contributed by atoms with Crippen molar-refractivity contribution in [3.63, 3.8) is 0 Å². The van der Waals surface area contributed by atoms with E-state index < -0.39 is 22.8 Å². The summed E-state index contributed by atoms with van der Waals surface area (Å²) in [5, 5.41) is 0. The Morgan fingerprint density at radius 2 is 1.55 bits per heavy atom. The van der Waals surface area contributed by atoms with Gasteiger partial charge in [0.2, 0.25) is 5.91 Å². The van der Waals surface area contributed by atoms with Crippen LogP contribution < -0.4 is 0 Å². The van der Waals surface area contributed by atoms with Crippen LogP contribution in [0.2, 0.25) is 0 Å². The molecule has 170 valence electrons. The molecule has 31 heavy (non-hydrogen) atoms. The highest BCUT2D eigenvalue weighted by atomic mass is 19.1. The zero-order valence-corrected chi connectivity index (χ0v) is 18.5. The highest BCUT2D eigenvalue weighted by Crippen LogP contribution is 2.36. The average molecular weight is 435 g/mol. The smallest absolute Gasteiger partial charge is 0.322 e. The normalized spacial score (nSPS) is 19.5. The Bertz CT molecular complexity index is 812. The molecule has 0 N–H and O–H groups in total. The Morgan fingerprint density at radius 1 is 0.968 bits per heavy atom. The van der Waals surface area contributed by atoms with Crippen molar-refractivity contribution in [1.29, 1.82) is 0 Å². The zero-order chi connectivity index (χ0) is 22.6. The number of benzene rings is 1. The van der Waals surface area contributed by atoms with E-state index in [1.165, 1.54) is 24.3 Å². The van der Waals surface area contributed by atoms with E-state index in [-0.39, 0.29) is 24.7 Å². The predicted molar refractivity (Wildman–Crippen MR) is 112 cm³/mol. The molecular formula is C23H31FN2O5. The quantitative estimate of drug-likeness (QED) is 0.540. The van der Waals surface area contributed by atoms with Gasteiger partial charge in [-0.15, -0.1) is 0 Å². The van der Waals surface area contributed by atoms with Crippen LogP contribution >= 0.6 is 0 Å². The zero-order valence-electron chi connectivity index (χ0n) is 18.5. The molecule has 2 heterocycles. The van der Waals surface area contributed by atoms with E-state index >= 15 is 0 Å². The van der Waals surface area contributed by atoms with Crippen LogP contribution in [0.15, 0.2) is 24.3 Å². The van der Waals surface area contributed by atoms with Crippen LogP contribution in [0.3, 0.4) is 0 Å². The third-order valence-electron chi connectivity index (χ3n) is 5.71. The SMILES string of the molecule is CC(C)(C)OC(=O)C1(C(=O)N2CCCN(C(=O)c3ccc(F)cc3)CC2)CCOCC1. The molecule has 0 aromatic heterocycles. The molecule has 0 aliphatic carbocycles. The van der Waals surface area contributed by atoms with Crippen molar-refractivity contribution in [3.8, 4) is 0 Å². The van der Waals surface area contributed by atoms with Gasteiger partial charge in [0.25, 0.3) is 5.91 Å². The van der Waals surface area contributed by atoms with E-state index in [4.69, 9.17) is 9.47 Å². The highest BCUT2D eigenvalue weighted by molar-refractivity contribution is 6.03. The van der Waals surface area contributed by atoms with Crippen LogP contribution in [0, 0.1) is 11.2 Å². The van der Waals surface area contributed by atoms with E-state index in [9.17, 15) is 18.8 Å². The van der Waals surface area contributed by atoms with Crippen molar-refractivity contribution in [2.45, 2.75) is 45.6 Å². The Balaban J connectivity index is 1.72. The number of carbonyl (C=O) groups excluding carboxylic acids is 3. The number of hydrogen-bond acceptors (Lipinski definition) is 5. The molecule has 0 spiro atoms. The first-order valence-electron chi connectivity index (χ1n) is 10.8. The number of nitrogens with zero attached hydrogens (tertiary/aromatic N) is 2. The lowest BCUT2D eigenvalue weighted by Crippen LogP contribution is -2.54. The molecule has 3 rings (SSSR count). The van der Waals surface area contributed by atoms with E-state index in [0.717, 1.165) is 0 Å². The molecule has 7 nitrogen and oxygen atoms in total. The minimum Gasteiger partial charge on any atom is -0.459 e. The monoisotopic (exact) mass is 434 g/mol. The summed E-state index contributed by atoms with van der Waals surface area (Å²) in [6.45, 7) is 7.63. The van der Waals surface area contributed by atoms with Crippen molar-refractivity contribution in [2.24, 2.45) is 5.41 Å². The minimum absolute atomic E-state index is 0.192. The lowest BCUT2D eigenvalue weighted by atomic mass is 9.78. The average Bonchev–Trinajstić information content (AvgIpc) is 2.99. The number of amides is 2. The molecule has 1 aromatic carbocycles. The molecule has 0 unspecified atom stereocenters. The van der Waals surface area contributed by atoms with E-state index in [1.54, 1.807) is 30.6 Å². The van der Waals surface area contributed by atoms with Gasteiger partial charge in [-0.1, -0.05) is 0 Å². The Kier molecular flexibility index (Phi) is 6.99. The maximum atomic E-state index is 13.6. The van der Waals surface area contributed by atoms with Crippen molar-refractivity contribution in [1.82, 2.24) is 9.80 Å². The number of esters is 1. The van der Waals surface area contributed by atoms with Gasteiger partial charge in [0.1, 0.15) is 11.4 Å². The third kappa shape index (κ3) is 5.42. The van der Waals surface area contributed by atoms with Gasteiger partial charge in [0.05, 0.1) is 0 Å². The lowest BCUT2D eigenvalue weighted by Gasteiger charge is -2.39. The van der Waals surface area contributed by atoms with Gasteiger partial charge in [0, 0.05) is 45.0 Å². The van der Waals surface area contributed by atoms with Crippen LogP contribution in [0.5, 0.6) is 0 Å². The Morgan fingerprint density at radius 3 is 2.16 bits per heavy atom. The fourth-order valence-corrected chi connectivity index (χ4v) is 4.00. The van der Waals surface area contributed by atoms with Crippen molar-refractivity contribution in [2.75, 3.05) is 39.4 Å². The predicted octanol–water partition coefficient (Wildman–Crippen LogP) is 2.64. The molecule has 0 atom stereocenters. The van der Waals surface area contributed by atoms with Crippen molar-refractivity contribution >= 4 is 17.8 Å². The highest BCUT2D eigenvalue weighted by Gasteiger charge is 2.51. The largest absolute Gasteiger partial charge is 0.459 e. The molecular weight excluding hydrogens is 403 g/mol. The summed E-state index contributed by atoms with van der Waals surface area (Å²) in [5.74, 6) is -1.34. The van der Waals surface area contributed by atoms with Gasteiger partial charge in [-0.2, -0.15) is 0 Å². The van der Waals surface area contributed by atoms with Crippen LogP contribution in [0.25, 0.3) is 0 Å². The molecule has 0 saturated carbocycles. The second-order valence-corrected chi connectivity index (χ2v) is 9.14. The molecule has 1 aromatic rings. The first kappa shape index (κ1) is 23.2. The number of ether oxygens (including phenoxy) is 2. The summed E-state index contributed by atoms with van der Waals surface area (Å²) in [6, 6.07) is 5.45. The maximum absolute atomic E-state index is 13.6. The fraction of sp³-hybridized carbons (Fsp3) is 0.609. The molecule has 2 aliphatic heterocycles. The van der Waals surface area contributed by atoms with E-state index in [2.05, 4.69) is 0 Å². The van der Waals surface area contributed by atoms with Gasteiger partial charge in [-0.3, -0.25) is 14.4 Å². The molecule has 8 heteroatoms. The fourth-order valence-electron chi connectivity index (χ4n) is 4.00. The van der Waals surface area contributed by atoms with Crippen molar-refractivity contribution in [3.05, 3.63) is 35.6 Å². The van der Waals surface area contributed by atoms with Crippen LogP contribution in [0.1, 0.15) is 50.4 Å². The van der Waals surface area contributed by atoms with Crippen LogP contribution in [0.4, 0.5) is 4.39 Å². The minimum atomic E-state index is -1.25. The second kappa shape index (κ2) is 9.34. The second-order valence-electron chi connectivity index (χ2n) is 9.14. The number of halogens is 1. The standard InChI is InChI=1S/C23H31FN2O5/c1-22(2,3)31-21(29)23(9-15-30-16-10-23)20(28)26-12-4-11-25(13-14-26)19(27)17-5-7-18(24)8-6-17/h5-8H,4,9-16H2,1-3H3. The van der Waals surface area contributed by atoms with Crippen LogP contribution in [-0.4, -0.2) is 72.6 Å². The molecule has 2 fully saturated rings. The summed E-state index contributed by atoms with van der Waals surface area (Å²) in [7, 11) is 0. The van der Waals surface area contributed by atoms with Crippen molar-refractivity contribution < 1.29 is 28.2 Å². The van der Waals surface area contributed by atoms with Gasteiger partial charge in [0.15, 0.2) is 5.41 Å². The lowest BCUT2D eigenvalue weighted by molar-refractivity contribution is -0.180. The van der Waals surface area contributed by atoms with Gasteiger partial charge < -0.3 is 19.3 Å². The topological polar surface area (TPSA) is 76.2 Å². The summed E-state index contributed by atoms with van der Waals surface area (Å²) >= 11 is 0. The molecule has 2 saturated heterocycles. The molecule has 2 amide bonds. The summed E-state index contributed by atoms with van der Waals surface area (Å²) in [6.07, 6.45) is 1.17. The summed E-state index contributed by atoms with van der Waals surface area (Å²) in [4.78, 5) is 42.8. The van der Waals surface area contributed by atoms with Gasteiger partial charge in [-0.05, 0) is 64.3 Å². The molecule has 0 radical (unpaired) electrons.